The SMILES string of the molecule is CCCC1C(=O)NC(=O)N(c2ccc(C)nc2)C1=O. The first-order valence-corrected chi connectivity index (χ1v) is 6.16. The van der Waals surface area contributed by atoms with Crippen LogP contribution in [0.4, 0.5) is 10.5 Å². The molecule has 1 N–H and O–H groups in total. The highest BCUT2D eigenvalue weighted by molar-refractivity contribution is 6.27. The molecule has 1 unspecified atom stereocenters. The molecule has 0 saturated carbocycles. The smallest absolute Gasteiger partial charge is 0.277 e. The number of carbonyl (C=O) groups excluding carboxylic acids is 3. The normalized spacial score (nSPS) is 19.6. The molecular weight excluding hydrogens is 246 g/mol. The number of rotatable bonds is 3. The summed E-state index contributed by atoms with van der Waals surface area (Å²) in [7, 11) is 0. The first-order chi connectivity index (χ1) is 9.04. The van der Waals surface area contributed by atoms with Crippen molar-refractivity contribution in [1.29, 1.82) is 0 Å². The zero-order chi connectivity index (χ0) is 14.0. The molecule has 1 aromatic rings. The van der Waals surface area contributed by atoms with Crippen LogP contribution in [0.1, 0.15) is 25.5 Å². The molecule has 100 valence electrons. The Morgan fingerprint density at radius 2 is 2.05 bits per heavy atom. The van der Waals surface area contributed by atoms with E-state index in [1.54, 1.807) is 12.1 Å². The number of hydrogen-bond acceptors (Lipinski definition) is 4. The van der Waals surface area contributed by atoms with Crippen molar-refractivity contribution in [3.8, 4) is 0 Å². The molecule has 19 heavy (non-hydrogen) atoms. The van der Waals surface area contributed by atoms with Gasteiger partial charge in [-0.15, -0.1) is 0 Å². The molecule has 6 nitrogen and oxygen atoms in total. The zero-order valence-corrected chi connectivity index (χ0v) is 10.8. The fourth-order valence-corrected chi connectivity index (χ4v) is 2.00. The van der Waals surface area contributed by atoms with Crippen molar-refractivity contribution in [3.63, 3.8) is 0 Å². The third kappa shape index (κ3) is 2.47. The molecule has 1 fully saturated rings. The highest BCUT2D eigenvalue weighted by Gasteiger charge is 2.40. The van der Waals surface area contributed by atoms with Gasteiger partial charge in [0.25, 0.3) is 0 Å². The molecule has 1 aliphatic rings. The summed E-state index contributed by atoms with van der Waals surface area (Å²) >= 11 is 0. The van der Waals surface area contributed by atoms with Gasteiger partial charge < -0.3 is 0 Å². The molecule has 1 aromatic heterocycles. The van der Waals surface area contributed by atoms with Gasteiger partial charge in [-0.2, -0.15) is 0 Å². The Morgan fingerprint density at radius 3 is 2.63 bits per heavy atom. The number of pyridine rings is 1. The van der Waals surface area contributed by atoms with E-state index in [1.807, 2.05) is 13.8 Å². The minimum Gasteiger partial charge on any atom is -0.277 e. The van der Waals surface area contributed by atoms with Crippen molar-refractivity contribution in [1.82, 2.24) is 10.3 Å². The average molecular weight is 261 g/mol. The third-order valence-electron chi connectivity index (χ3n) is 3.00. The van der Waals surface area contributed by atoms with Crippen LogP contribution in [-0.4, -0.2) is 22.8 Å². The van der Waals surface area contributed by atoms with Gasteiger partial charge in [-0.1, -0.05) is 13.3 Å². The molecule has 4 amide bonds. The Kier molecular flexibility index (Phi) is 3.59. The lowest BCUT2D eigenvalue weighted by molar-refractivity contribution is -0.134. The van der Waals surface area contributed by atoms with E-state index in [1.165, 1.54) is 6.20 Å². The maximum Gasteiger partial charge on any atom is 0.335 e. The molecule has 6 heteroatoms. The quantitative estimate of drug-likeness (QED) is 0.834. The second kappa shape index (κ2) is 5.17. The van der Waals surface area contributed by atoms with Crippen molar-refractivity contribution < 1.29 is 14.4 Å². The number of aromatic nitrogens is 1. The number of nitrogens with one attached hydrogen (secondary N) is 1. The van der Waals surface area contributed by atoms with Crippen molar-refractivity contribution in [2.45, 2.75) is 26.7 Å². The van der Waals surface area contributed by atoms with Crippen molar-refractivity contribution in [2.75, 3.05) is 4.90 Å². The zero-order valence-electron chi connectivity index (χ0n) is 10.8. The molecule has 0 aromatic carbocycles. The molecule has 2 rings (SSSR count). The van der Waals surface area contributed by atoms with E-state index in [4.69, 9.17) is 0 Å². The van der Waals surface area contributed by atoms with Gasteiger partial charge in [-0.3, -0.25) is 19.9 Å². The molecule has 1 atom stereocenters. The van der Waals surface area contributed by atoms with Crippen LogP contribution < -0.4 is 10.2 Å². The summed E-state index contributed by atoms with van der Waals surface area (Å²) in [5.74, 6) is -1.81. The number of anilines is 1. The van der Waals surface area contributed by atoms with Gasteiger partial charge in [0.05, 0.1) is 11.9 Å². The van der Waals surface area contributed by atoms with Crippen LogP contribution in [0, 0.1) is 12.8 Å². The Morgan fingerprint density at radius 1 is 1.32 bits per heavy atom. The number of urea groups is 1. The Balaban J connectivity index is 2.33. The second-order valence-electron chi connectivity index (χ2n) is 4.47. The minimum absolute atomic E-state index is 0.377. The molecule has 0 spiro atoms. The van der Waals surface area contributed by atoms with Crippen molar-refractivity contribution in [2.24, 2.45) is 5.92 Å². The Bertz CT molecular complexity index is 524. The van der Waals surface area contributed by atoms with Crippen molar-refractivity contribution in [3.05, 3.63) is 24.0 Å². The van der Waals surface area contributed by atoms with Crippen LogP contribution in [0.2, 0.25) is 0 Å². The largest absolute Gasteiger partial charge is 0.335 e. The maximum atomic E-state index is 12.2. The number of aryl methyl sites for hydroxylation is 1. The fraction of sp³-hybridized carbons (Fsp3) is 0.385. The number of nitrogens with zero attached hydrogens (tertiary/aromatic N) is 2. The first-order valence-electron chi connectivity index (χ1n) is 6.16. The number of barbiturate groups is 1. The van der Waals surface area contributed by atoms with Gasteiger partial charge in [-0.05, 0) is 25.5 Å². The summed E-state index contributed by atoms with van der Waals surface area (Å²) in [5, 5.41) is 2.21. The summed E-state index contributed by atoms with van der Waals surface area (Å²) < 4.78 is 0. The van der Waals surface area contributed by atoms with E-state index in [0.717, 1.165) is 10.6 Å². The summed E-state index contributed by atoms with van der Waals surface area (Å²) in [6, 6.07) is 2.63. The van der Waals surface area contributed by atoms with Crippen LogP contribution in [0.25, 0.3) is 0 Å². The molecular formula is C13H15N3O3. The third-order valence-corrected chi connectivity index (χ3v) is 3.00. The van der Waals surface area contributed by atoms with Crippen LogP contribution in [0.15, 0.2) is 18.3 Å². The van der Waals surface area contributed by atoms with Gasteiger partial charge in [0, 0.05) is 5.69 Å². The predicted molar refractivity (Wildman–Crippen MR) is 68.4 cm³/mol. The Labute approximate surface area is 110 Å². The lowest BCUT2D eigenvalue weighted by Crippen LogP contribution is -2.58. The highest BCUT2D eigenvalue weighted by atomic mass is 16.2. The molecule has 0 radical (unpaired) electrons. The fourth-order valence-electron chi connectivity index (χ4n) is 2.00. The van der Waals surface area contributed by atoms with Gasteiger partial charge >= 0.3 is 6.03 Å². The van der Waals surface area contributed by atoms with E-state index >= 15 is 0 Å². The predicted octanol–water partition coefficient (Wildman–Crippen LogP) is 1.39. The molecule has 2 heterocycles. The van der Waals surface area contributed by atoms with Gasteiger partial charge in [0.2, 0.25) is 11.8 Å². The Hall–Kier alpha value is -2.24. The number of carbonyl (C=O) groups is 3. The second-order valence-corrected chi connectivity index (χ2v) is 4.47. The van der Waals surface area contributed by atoms with Crippen LogP contribution in [0.5, 0.6) is 0 Å². The van der Waals surface area contributed by atoms with Crippen LogP contribution in [0.3, 0.4) is 0 Å². The molecule has 1 aliphatic heterocycles. The van der Waals surface area contributed by atoms with Gasteiger partial charge in [-0.25, -0.2) is 9.69 Å². The van der Waals surface area contributed by atoms with E-state index in [0.29, 0.717) is 18.5 Å². The van der Waals surface area contributed by atoms with E-state index in [-0.39, 0.29) is 0 Å². The first kappa shape index (κ1) is 13.2. The van der Waals surface area contributed by atoms with E-state index in [9.17, 15) is 14.4 Å². The number of amides is 4. The van der Waals surface area contributed by atoms with Crippen molar-refractivity contribution >= 4 is 23.5 Å². The van der Waals surface area contributed by atoms with E-state index in [2.05, 4.69) is 10.3 Å². The monoisotopic (exact) mass is 261 g/mol. The van der Waals surface area contributed by atoms with E-state index < -0.39 is 23.8 Å². The number of hydrogen-bond donors (Lipinski definition) is 1. The van der Waals surface area contributed by atoms with Crippen LogP contribution in [-0.2, 0) is 9.59 Å². The minimum atomic E-state index is -0.802. The van der Waals surface area contributed by atoms with Gasteiger partial charge in [0.1, 0.15) is 5.92 Å². The summed E-state index contributed by atoms with van der Waals surface area (Å²) in [6.45, 7) is 3.69. The molecule has 1 saturated heterocycles. The average Bonchev–Trinajstić information content (AvgIpc) is 2.36. The summed E-state index contributed by atoms with van der Waals surface area (Å²) in [5.41, 5.74) is 1.16. The maximum absolute atomic E-state index is 12.2. The lowest BCUT2D eigenvalue weighted by atomic mass is 9.99. The number of imide groups is 2. The molecule has 0 bridgehead atoms. The lowest BCUT2D eigenvalue weighted by Gasteiger charge is -2.29. The standard InChI is InChI=1S/C13H15N3O3/c1-3-4-10-11(17)15-13(19)16(12(10)18)9-6-5-8(2)14-7-9/h5-7,10H,3-4H2,1-2H3,(H,15,17,19). The summed E-state index contributed by atoms with van der Waals surface area (Å²) in [6.07, 6.45) is 2.57. The molecule has 0 aliphatic carbocycles. The van der Waals surface area contributed by atoms with Gasteiger partial charge in [0.15, 0.2) is 0 Å². The summed E-state index contributed by atoms with van der Waals surface area (Å²) in [4.78, 5) is 40.7. The topological polar surface area (TPSA) is 79.4 Å². The highest BCUT2D eigenvalue weighted by Crippen LogP contribution is 2.22. The van der Waals surface area contributed by atoms with Crippen LogP contribution >= 0.6 is 0 Å².